The zero-order chi connectivity index (χ0) is 16.0. The van der Waals surface area contributed by atoms with Crippen molar-refractivity contribution in [2.24, 2.45) is 0 Å². The van der Waals surface area contributed by atoms with Gasteiger partial charge in [0.2, 0.25) is 6.79 Å². The van der Waals surface area contributed by atoms with Gasteiger partial charge in [0.25, 0.3) is 5.91 Å². The first-order valence-corrected chi connectivity index (χ1v) is 7.38. The van der Waals surface area contributed by atoms with E-state index in [2.05, 4.69) is 10.3 Å². The SMILES string of the molecule is O=C(Nc1nc2c(F)cc(F)cc2s1)c1ccc2c(c1)OCO2. The molecule has 1 aromatic heterocycles. The van der Waals surface area contributed by atoms with E-state index >= 15 is 0 Å². The monoisotopic (exact) mass is 334 g/mol. The van der Waals surface area contributed by atoms with Gasteiger partial charge in [-0.15, -0.1) is 0 Å². The van der Waals surface area contributed by atoms with Crippen molar-refractivity contribution in [3.63, 3.8) is 0 Å². The Kier molecular flexibility index (Phi) is 3.12. The van der Waals surface area contributed by atoms with Crippen LogP contribution in [0, 0.1) is 11.6 Å². The highest BCUT2D eigenvalue weighted by Gasteiger charge is 2.18. The third kappa shape index (κ3) is 2.46. The van der Waals surface area contributed by atoms with Crippen LogP contribution < -0.4 is 14.8 Å². The molecule has 0 atom stereocenters. The number of halogens is 2. The van der Waals surface area contributed by atoms with E-state index in [1.165, 1.54) is 6.07 Å². The Morgan fingerprint density at radius 1 is 1.17 bits per heavy atom. The zero-order valence-corrected chi connectivity index (χ0v) is 12.2. The molecule has 0 spiro atoms. The number of benzene rings is 2. The maximum Gasteiger partial charge on any atom is 0.257 e. The van der Waals surface area contributed by atoms with Gasteiger partial charge in [0.1, 0.15) is 11.3 Å². The van der Waals surface area contributed by atoms with E-state index in [0.29, 0.717) is 21.8 Å². The van der Waals surface area contributed by atoms with Gasteiger partial charge >= 0.3 is 0 Å². The van der Waals surface area contributed by atoms with Crippen molar-refractivity contribution < 1.29 is 23.0 Å². The Hall–Kier alpha value is -2.74. The second kappa shape index (κ2) is 5.17. The summed E-state index contributed by atoms with van der Waals surface area (Å²) in [5.74, 6) is -0.829. The molecule has 1 amide bonds. The molecule has 23 heavy (non-hydrogen) atoms. The van der Waals surface area contributed by atoms with Crippen LogP contribution in [0.3, 0.4) is 0 Å². The number of hydrogen-bond donors (Lipinski definition) is 1. The van der Waals surface area contributed by atoms with E-state index in [9.17, 15) is 13.6 Å². The Bertz CT molecular complexity index is 942. The third-order valence-electron chi connectivity index (χ3n) is 3.27. The van der Waals surface area contributed by atoms with Crippen molar-refractivity contribution >= 4 is 32.6 Å². The lowest BCUT2D eigenvalue weighted by atomic mass is 10.2. The normalized spacial score (nSPS) is 12.6. The second-order valence-corrected chi connectivity index (χ2v) is 5.81. The summed E-state index contributed by atoms with van der Waals surface area (Å²) in [5, 5.41) is 2.76. The summed E-state index contributed by atoms with van der Waals surface area (Å²) in [4.78, 5) is 16.2. The highest BCUT2D eigenvalue weighted by molar-refractivity contribution is 7.22. The molecule has 0 radical (unpaired) electrons. The molecule has 0 saturated heterocycles. The van der Waals surface area contributed by atoms with Crippen LogP contribution in [0.15, 0.2) is 30.3 Å². The van der Waals surface area contributed by atoms with Gasteiger partial charge in [0.05, 0.1) is 4.70 Å². The number of rotatable bonds is 2. The molecule has 116 valence electrons. The molecule has 3 aromatic rings. The Morgan fingerprint density at radius 3 is 2.87 bits per heavy atom. The van der Waals surface area contributed by atoms with E-state index in [0.717, 1.165) is 17.4 Å². The molecule has 2 heterocycles. The van der Waals surface area contributed by atoms with Crippen molar-refractivity contribution in [1.82, 2.24) is 4.98 Å². The Morgan fingerprint density at radius 2 is 2.00 bits per heavy atom. The van der Waals surface area contributed by atoms with Crippen LogP contribution in [-0.2, 0) is 0 Å². The Labute approximate surface area is 132 Å². The summed E-state index contributed by atoms with van der Waals surface area (Å²) < 4.78 is 37.5. The van der Waals surface area contributed by atoms with E-state index in [1.807, 2.05) is 0 Å². The summed E-state index contributed by atoms with van der Waals surface area (Å²) in [6.45, 7) is 0.114. The summed E-state index contributed by atoms with van der Waals surface area (Å²) >= 11 is 0.995. The fourth-order valence-corrected chi connectivity index (χ4v) is 3.12. The highest BCUT2D eigenvalue weighted by atomic mass is 32.1. The van der Waals surface area contributed by atoms with Gasteiger partial charge in [0.15, 0.2) is 22.4 Å². The smallest absolute Gasteiger partial charge is 0.257 e. The molecule has 2 aromatic carbocycles. The van der Waals surface area contributed by atoms with E-state index in [4.69, 9.17) is 9.47 Å². The van der Waals surface area contributed by atoms with Gasteiger partial charge in [-0.05, 0) is 24.3 Å². The number of anilines is 1. The first-order chi connectivity index (χ1) is 11.1. The summed E-state index contributed by atoms with van der Waals surface area (Å²) in [6, 6.07) is 6.68. The number of nitrogens with zero attached hydrogens (tertiary/aromatic N) is 1. The molecule has 1 N–H and O–H groups in total. The molecule has 8 heteroatoms. The predicted molar refractivity (Wildman–Crippen MR) is 80.1 cm³/mol. The standard InChI is InChI=1S/C15H8F2N2O3S/c16-8-4-9(17)13-12(5-8)23-15(18-13)19-14(20)7-1-2-10-11(3-7)22-6-21-10/h1-5H,6H2,(H,18,19,20). The maximum absolute atomic E-state index is 13.6. The molecular weight excluding hydrogens is 326 g/mol. The molecule has 5 nitrogen and oxygen atoms in total. The lowest BCUT2D eigenvalue weighted by Crippen LogP contribution is -2.11. The van der Waals surface area contributed by atoms with E-state index in [-0.39, 0.29) is 17.4 Å². The van der Waals surface area contributed by atoms with Crippen molar-refractivity contribution in [3.8, 4) is 11.5 Å². The van der Waals surface area contributed by atoms with Crippen LogP contribution in [-0.4, -0.2) is 17.7 Å². The van der Waals surface area contributed by atoms with Crippen molar-refractivity contribution in [3.05, 3.63) is 47.5 Å². The number of ether oxygens (including phenoxy) is 2. The molecule has 0 fully saturated rings. The molecule has 1 aliphatic heterocycles. The number of hydrogen-bond acceptors (Lipinski definition) is 5. The first kappa shape index (κ1) is 13.9. The minimum atomic E-state index is -0.764. The number of aromatic nitrogens is 1. The van der Waals surface area contributed by atoms with Crippen molar-refractivity contribution in [1.29, 1.82) is 0 Å². The number of carbonyl (C=O) groups excluding carboxylic acids is 1. The number of nitrogens with one attached hydrogen (secondary N) is 1. The number of amides is 1. The van der Waals surface area contributed by atoms with Gasteiger partial charge in [-0.25, -0.2) is 13.8 Å². The molecular formula is C15H8F2N2O3S. The number of carbonyl (C=O) groups is 1. The van der Waals surface area contributed by atoms with E-state index in [1.54, 1.807) is 18.2 Å². The zero-order valence-electron chi connectivity index (χ0n) is 11.4. The molecule has 1 aliphatic rings. The summed E-state index contributed by atoms with van der Waals surface area (Å²) in [5.41, 5.74) is 0.373. The average molecular weight is 334 g/mol. The molecule has 0 aliphatic carbocycles. The van der Waals surface area contributed by atoms with Crippen LogP contribution in [0.4, 0.5) is 13.9 Å². The Balaban J connectivity index is 1.62. The lowest BCUT2D eigenvalue weighted by molar-refractivity contribution is 0.102. The van der Waals surface area contributed by atoms with Gasteiger partial charge in [-0.1, -0.05) is 11.3 Å². The van der Waals surface area contributed by atoms with Gasteiger partial charge in [0, 0.05) is 11.6 Å². The highest BCUT2D eigenvalue weighted by Crippen LogP contribution is 2.33. The van der Waals surface area contributed by atoms with E-state index < -0.39 is 17.5 Å². The molecule has 0 bridgehead atoms. The summed E-state index contributed by atoms with van der Waals surface area (Å²) in [7, 11) is 0. The lowest BCUT2D eigenvalue weighted by Gasteiger charge is -2.02. The number of thiazole rings is 1. The fraction of sp³-hybridized carbons (Fsp3) is 0.0667. The predicted octanol–water partition coefficient (Wildman–Crippen LogP) is 3.56. The number of fused-ring (bicyclic) bond motifs is 2. The van der Waals surface area contributed by atoms with Crippen LogP contribution in [0.2, 0.25) is 0 Å². The topological polar surface area (TPSA) is 60.5 Å². The maximum atomic E-state index is 13.6. The van der Waals surface area contributed by atoms with Crippen LogP contribution >= 0.6 is 11.3 Å². The third-order valence-corrected chi connectivity index (χ3v) is 4.19. The average Bonchev–Trinajstić information content (AvgIpc) is 3.12. The van der Waals surface area contributed by atoms with Gasteiger partial charge in [-0.2, -0.15) is 0 Å². The van der Waals surface area contributed by atoms with Crippen LogP contribution in [0.25, 0.3) is 10.2 Å². The largest absolute Gasteiger partial charge is 0.454 e. The second-order valence-electron chi connectivity index (χ2n) is 4.78. The molecule has 0 saturated carbocycles. The minimum Gasteiger partial charge on any atom is -0.454 e. The molecule has 4 rings (SSSR count). The van der Waals surface area contributed by atoms with Crippen LogP contribution in [0.1, 0.15) is 10.4 Å². The van der Waals surface area contributed by atoms with Crippen LogP contribution in [0.5, 0.6) is 11.5 Å². The van der Waals surface area contributed by atoms with Crippen molar-refractivity contribution in [2.45, 2.75) is 0 Å². The molecule has 0 unspecified atom stereocenters. The first-order valence-electron chi connectivity index (χ1n) is 6.57. The van der Waals surface area contributed by atoms with Gasteiger partial charge in [-0.3, -0.25) is 10.1 Å². The quantitative estimate of drug-likeness (QED) is 0.778. The fourth-order valence-electron chi connectivity index (χ4n) is 2.22. The minimum absolute atomic E-state index is 0.0254. The van der Waals surface area contributed by atoms with Gasteiger partial charge < -0.3 is 9.47 Å². The van der Waals surface area contributed by atoms with Crippen molar-refractivity contribution in [2.75, 3.05) is 12.1 Å². The summed E-state index contributed by atoms with van der Waals surface area (Å²) in [6.07, 6.45) is 0.